The van der Waals surface area contributed by atoms with E-state index in [0.29, 0.717) is 36.7 Å². The summed E-state index contributed by atoms with van der Waals surface area (Å²) >= 11 is 0. The van der Waals surface area contributed by atoms with Crippen LogP contribution in [0.1, 0.15) is 31.2 Å². The van der Waals surface area contributed by atoms with E-state index in [0.717, 1.165) is 12.8 Å². The van der Waals surface area contributed by atoms with E-state index in [1.54, 1.807) is 30.4 Å². The third-order valence-corrected chi connectivity index (χ3v) is 4.92. The molecule has 0 amide bonds. The molecular formula is C24H25F2N3O2. The van der Waals surface area contributed by atoms with Gasteiger partial charge in [0.15, 0.2) is 17.3 Å². The zero-order valence-electron chi connectivity index (χ0n) is 17.1. The molecule has 1 saturated heterocycles. The third kappa shape index (κ3) is 6.48. The van der Waals surface area contributed by atoms with E-state index in [9.17, 15) is 13.9 Å². The number of amidine groups is 1. The van der Waals surface area contributed by atoms with Gasteiger partial charge in [0.05, 0.1) is 0 Å². The van der Waals surface area contributed by atoms with Crippen molar-refractivity contribution >= 4 is 5.84 Å². The number of hydrogen-bond acceptors (Lipinski definition) is 4. The molecule has 0 spiro atoms. The van der Waals surface area contributed by atoms with Crippen LogP contribution in [0, 0.1) is 17.7 Å². The number of nitrogens with zero attached hydrogens (tertiary/aromatic N) is 2. The highest BCUT2D eigenvalue weighted by Gasteiger charge is 2.23. The van der Waals surface area contributed by atoms with Crippen molar-refractivity contribution in [2.45, 2.75) is 31.8 Å². The summed E-state index contributed by atoms with van der Waals surface area (Å²) in [4.78, 5) is 2.05. The predicted octanol–water partition coefficient (Wildman–Crippen LogP) is 4.28. The van der Waals surface area contributed by atoms with Crippen LogP contribution in [0.5, 0.6) is 5.75 Å². The second-order valence-electron chi connectivity index (χ2n) is 7.13. The van der Waals surface area contributed by atoms with Crippen LogP contribution in [0.15, 0.2) is 71.3 Å². The molecule has 31 heavy (non-hydrogen) atoms. The van der Waals surface area contributed by atoms with E-state index in [1.165, 1.54) is 12.1 Å². The summed E-state index contributed by atoms with van der Waals surface area (Å²) in [5.41, 5.74) is 0.490. The molecule has 5 nitrogen and oxygen atoms in total. The van der Waals surface area contributed by atoms with E-state index < -0.39 is 11.6 Å². The first-order valence-corrected chi connectivity index (χ1v) is 10.1. The first-order valence-electron chi connectivity index (χ1n) is 10.1. The maximum atomic E-state index is 14.0. The number of hydrogen-bond donors (Lipinski definition) is 2. The Morgan fingerprint density at radius 1 is 1.29 bits per heavy atom. The molecule has 2 aliphatic rings. The van der Waals surface area contributed by atoms with Crippen LogP contribution >= 0.6 is 0 Å². The van der Waals surface area contributed by atoms with E-state index in [-0.39, 0.29) is 18.4 Å². The topological polar surface area (TPSA) is 71.1 Å². The van der Waals surface area contributed by atoms with Crippen LogP contribution in [0.3, 0.4) is 0 Å². The molecule has 7 heteroatoms. The minimum absolute atomic E-state index is 0.0562. The van der Waals surface area contributed by atoms with Crippen molar-refractivity contribution in [3.63, 3.8) is 0 Å². The summed E-state index contributed by atoms with van der Waals surface area (Å²) in [6.45, 7) is 1.39. The van der Waals surface area contributed by atoms with Crippen molar-refractivity contribution in [3.8, 4) is 17.6 Å². The van der Waals surface area contributed by atoms with Crippen molar-refractivity contribution in [3.05, 3.63) is 77.6 Å². The number of aromatic hydroxyl groups is 1. The van der Waals surface area contributed by atoms with Crippen LogP contribution in [-0.4, -0.2) is 35.0 Å². The number of nitrogens with two attached hydrogens (primary N) is 1. The van der Waals surface area contributed by atoms with E-state index in [1.807, 2.05) is 17.1 Å². The number of phenolic OH excluding ortho intramolecular Hbond substituents is 1. The molecule has 0 unspecified atom stereocenters. The number of phenols is 1. The second-order valence-corrected chi connectivity index (χ2v) is 7.13. The second kappa shape index (κ2) is 11.0. The number of allylic oxidation sites excluding steroid dienone is 6. The zero-order chi connectivity index (χ0) is 22.1. The molecule has 3 rings (SSSR count). The number of rotatable bonds is 4. The van der Waals surface area contributed by atoms with E-state index in [2.05, 4.69) is 16.9 Å². The number of hydrazone groups is 1. The minimum atomic E-state index is -0.696. The van der Waals surface area contributed by atoms with Gasteiger partial charge in [-0.15, -0.1) is 0 Å². The Labute approximate surface area is 180 Å². The molecule has 162 valence electrons. The average Bonchev–Trinajstić information content (AvgIpc) is 2.98. The molecule has 1 aromatic rings. The van der Waals surface area contributed by atoms with Crippen LogP contribution < -0.4 is 5.84 Å². The fourth-order valence-corrected chi connectivity index (χ4v) is 3.26. The maximum absolute atomic E-state index is 14.0. The molecule has 1 aromatic carbocycles. The van der Waals surface area contributed by atoms with Gasteiger partial charge in [-0.3, -0.25) is 0 Å². The van der Waals surface area contributed by atoms with Gasteiger partial charge in [0.2, 0.25) is 0 Å². The van der Waals surface area contributed by atoms with E-state index >= 15 is 0 Å². The molecule has 0 radical (unpaired) electrons. The molecule has 1 fully saturated rings. The number of piperidine rings is 1. The Hall–Kier alpha value is -3.53. The predicted molar refractivity (Wildman–Crippen MR) is 117 cm³/mol. The Morgan fingerprint density at radius 2 is 2.10 bits per heavy atom. The summed E-state index contributed by atoms with van der Waals surface area (Å²) in [5, 5.41) is 13.0. The van der Waals surface area contributed by atoms with Crippen LogP contribution in [-0.2, 0) is 4.74 Å². The largest absolute Gasteiger partial charge is 0.505 e. The van der Waals surface area contributed by atoms with Crippen LogP contribution in [0.4, 0.5) is 8.78 Å². The highest BCUT2D eigenvalue weighted by molar-refractivity contribution is 5.92. The number of likely N-dealkylation sites (tertiary alicyclic amines) is 1. The van der Waals surface area contributed by atoms with Crippen LogP contribution in [0.2, 0.25) is 0 Å². The summed E-state index contributed by atoms with van der Waals surface area (Å²) in [6, 6.07) is 4.02. The van der Waals surface area contributed by atoms with Gasteiger partial charge in [-0.2, -0.15) is 5.10 Å². The van der Waals surface area contributed by atoms with Gasteiger partial charge in [0.25, 0.3) is 0 Å². The Kier molecular flexibility index (Phi) is 7.88. The molecule has 1 heterocycles. The van der Waals surface area contributed by atoms with Crippen molar-refractivity contribution in [1.29, 1.82) is 0 Å². The Bertz CT molecular complexity index is 992. The molecular weight excluding hydrogens is 400 g/mol. The third-order valence-electron chi connectivity index (χ3n) is 4.92. The van der Waals surface area contributed by atoms with Crippen LogP contribution in [0.25, 0.3) is 0 Å². The monoisotopic (exact) mass is 425 g/mol. The quantitative estimate of drug-likeness (QED) is 0.248. The molecule has 0 atom stereocenters. The van der Waals surface area contributed by atoms with Gasteiger partial charge in [-0.25, -0.2) is 8.78 Å². The van der Waals surface area contributed by atoms with Gasteiger partial charge in [-0.05, 0) is 30.4 Å². The number of halogens is 2. The van der Waals surface area contributed by atoms with Gasteiger partial charge in [-0.1, -0.05) is 36.1 Å². The normalized spacial score (nSPS) is 17.6. The fraction of sp³-hybridized carbons (Fsp3) is 0.292. The minimum Gasteiger partial charge on any atom is -0.505 e. The summed E-state index contributed by atoms with van der Waals surface area (Å²) in [5.74, 6) is 10.9. The SMILES string of the molecule is N/N=C(\C=C/CC#Cc1ccc(O)c(F)c1)N1CCC(OC2=C(F)CC=CC=C2)CC1. The molecule has 1 aliphatic carbocycles. The first kappa shape index (κ1) is 22.2. The smallest absolute Gasteiger partial charge is 0.166 e. The zero-order valence-corrected chi connectivity index (χ0v) is 17.1. The Balaban J connectivity index is 1.48. The lowest BCUT2D eigenvalue weighted by Gasteiger charge is -2.33. The lowest BCUT2D eigenvalue weighted by Crippen LogP contribution is -2.40. The number of ether oxygens (including phenoxy) is 1. The van der Waals surface area contributed by atoms with Crippen molar-refractivity contribution in [1.82, 2.24) is 4.90 Å². The van der Waals surface area contributed by atoms with Gasteiger partial charge in [0, 0.05) is 44.3 Å². The highest BCUT2D eigenvalue weighted by atomic mass is 19.1. The molecule has 1 aliphatic heterocycles. The van der Waals surface area contributed by atoms with Gasteiger partial charge >= 0.3 is 0 Å². The molecule has 0 aromatic heterocycles. The number of benzene rings is 1. The maximum Gasteiger partial charge on any atom is 0.166 e. The summed E-state index contributed by atoms with van der Waals surface area (Å²) in [7, 11) is 0. The van der Waals surface area contributed by atoms with Crippen molar-refractivity contribution in [2.24, 2.45) is 10.9 Å². The molecule has 3 N–H and O–H groups in total. The van der Waals surface area contributed by atoms with Crippen molar-refractivity contribution < 1.29 is 18.6 Å². The van der Waals surface area contributed by atoms with Crippen molar-refractivity contribution in [2.75, 3.05) is 13.1 Å². The van der Waals surface area contributed by atoms with Gasteiger partial charge in [0.1, 0.15) is 17.8 Å². The Morgan fingerprint density at radius 3 is 2.84 bits per heavy atom. The first-order chi connectivity index (χ1) is 15.1. The molecule has 0 saturated carbocycles. The lowest BCUT2D eigenvalue weighted by atomic mass is 10.1. The summed E-state index contributed by atoms with van der Waals surface area (Å²) < 4.78 is 33.2. The molecule has 0 bridgehead atoms. The summed E-state index contributed by atoms with van der Waals surface area (Å²) in [6.07, 6.45) is 12.7. The highest BCUT2D eigenvalue weighted by Crippen LogP contribution is 2.23. The van der Waals surface area contributed by atoms with E-state index in [4.69, 9.17) is 10.6 Å². The lowest BCUT2D eigenvalue weighted by molar-refractivity contribution is 0.0705. The average molecular weight is 425 g/mol. The standard InChI is InChI=1S/C24H25F2N3O2/c25-20-8-4-2-5-9-23(20)31-19-13-15-29(16-14-19)24(28-27)10-6-1-3-7-18-11-12-22(30)21(26)17-18/h2,4-6,9-12,17,19,30H,1,8,13-16,27H2/b10-6-,28-24+. The fourth-order valence-electron chi connectivity index (χ4n) is 3.26. The van der Waals surface area contributed by atoms with Gasteiger partial charge < -0.3 is 20.6 Å².